The maximum absolute atomic E-state index is 5.61. The van der Waals surface area contributed by atoms with Gasteiger partial charge in [-0.3, -0.25) is 4.98 Å². The molecule has 3 nitrogen and oxygen atoms in total. The monoisotopic (exact) mass is 263 g/mol. The lowest BCUT2D eigenvalue weighted by atomic mass is 10.2. The van der Waals surface area contributed by atoms with Gasteiger partial charge in [0.2, 0.25) is 0 Å². The number of pyridine rings is 1. The second kappa shape index (κ2) is 5.75. The zero-order chi connectivity index (χ0) is 12.1. The highest BCUT2D eigenvalue weighted by atomic mass is 32.1. The van der Waals surface area contributed by atoms with Crippen LogP contribution in [0.1, 0.15) is 11.3 Å². The number of anilines is 1. The summed E-state index contributed by atoms with van der Waals surface area (Å²) in [5.74, 6) is 0. The van der Waals surface area contributed by atoms with Crippen molar-refractivity contribution >= 4 is 34.2 Å². The first-order chi connectivity index (χ1) is 8.27. The largest absolute Gasteiger partial charge is 0.388 e. The summed E-state index contributed by atoms with van der Waals surface area (Å²) in [6.45, 7) is 0.845. The minimum atomic E-state index is 0.323. The van der Waals surface area contributed by atoms with Crippen LogP contribution in [0, 0.1) is 0 Å². The second-order valence-electron chi connectivity index (χ2n) is 3.57. The number of nitrogens with one attached hydrogen (secondary N) is 1. The molecular weight excluding hydrogens is 250 g/mol. The summed E-state index contributed by atoms with van der Waals surface area (Å²) in [7, 11) is 0. The van der Waals surface area contributed by atoms with Crippen molar-refractivity contribution < 1.29 is 0 Å². The van der Waals surface area contributed by atoms with Gasteiger partial charge in [0, 0.05) is 12.7 Å². The smallest absolute Gasteiger partial charge is 0.124 e. The molecule has 0 aliphatic rings. The summed E-state index contributed by atoms with van der Waals surface area (Å²) in [5.41, 5.74) is 8.51. The van der Waals surface area contributed by atoms with E-state index in [-0.39, 0.29) is 0 Å². The first-order valence-corrected chi connectivity index (χ1v) is 6.62. The summed E-state index contributed by atoms with van der Waals surface area (Å²) in [5, 5.41) is 7.54. The van der Waals surface area contributed by atoms with Gasteiger partial charge < -0.3 is 11.1 Å². The molecule has 0 aliphatic heterocycles. The maximum atomic E-state index is 5.61. The van der Waals surface area contributed by atoms with Crippen molar-refractivity contribution in [3.05, 3.63) is 46.4 Å². The van der Waals surface area contributed by atoms with Gasteiger partial charge in [0.25, 0.3) is 0 Å². The number of thiophene rings is 1. The van der Waals surface area contributed by atoms with Crippen LogP contribution in [0.2, 0.25) is 0 Å². The lowest BCUT2D eigenvalue weighted by Crippen LogP contribution is -2.16. The molecular formula is C12H13N3S2. The molecule has 3 N–H and O–H groups in total. The predicted molar refractivity (Wildman–Crippen MR) is 76.6 cm³/mol. The van der Waals surface area contributed by atoms with Gasteiger partial charge in [0.05, 0.1) is 5.69 Å². The zero-order valence-corrected chi connectivity index (χ0v) is 10.9. The molecule has 2 aromatic heterocycles. The molecule has 0 saturated heterocycles. The highest BCUT2D eigenvalue weighted by Crippen LogP contribution is 2.12. The lowest BCUT2D eigenvalue weighted by Gasteiger charge is -2.09. The number of hydrogen-bond acceptors (Lipinski definition) is 4. The third-order valence-electron chi connectivity index (χ3n) is 2.35. The van der Waals surface area contributed by atoms with Crippen molar-refractivity contribution in [3.63, 3.8) is 0 Å². The van der Waals surface area contributed by atoms with Crippen molar-refractivity contribution in [1.29, 1.82) is 0 Å². The summed E-state index contributed by atoms with van der Waals surface area (Å²) in [6, 6.07) is 5.94. The van der Waals surface area contributed by atoms with E-state index >= 15 is 0 Å². The molecule has 2 rings (SSSR count). The second-order valence-corrected chi connectivity index (χ2v) is 4.79. The van der Waals surface area contributed by atoms with E-state index in [1.54, 1.807) is 17.5 Å². The van der Waals surface area contributed by atoms with Gasteiger partial charge in [0.1, 0.15) is 10.7 Å². The topological polar surface area (TPSA) is 50.9 Å². The number of rotatable bonds is 5. The number of aromatic nitrogens is 1. The van der Waals surface area contributed by atoms with Crippen molar-refractivity contribution in [3.8, 4) is 0 Å². The quantitative estimate of drug-likeness (QED) is 0.814. The van der Waals surface area contributed by atoms with Crippen LogP contribution in [0.15, 0.2) is 35.2 Å². The Morgan fingerprint density at radius 2 is 2.35 bits per heavy atom. The van der Waals surface area contributed by atoms with E-state index in [9.17, 15) is 0 Å². The molecule has 0 bridgehead atoms. The van der Waals surface area contributed by atoms with E-state index < -0.39 is 0 Å². The summed E-state index contributed by atoms with van der Waals surface area (Å²) in [6.07, 6.45) is 2.67. The van der Waals surface area contributed by atoms with Crippen LogP contribution in [0.25, 0.3) is 0 Å². The van der Waals surface area contributed by atoms with Gasteiger partial charge >= 0.3 is 0 Å². The average molecular weight is 263 g/mol. The fraction of sp³-hybridized carbons (Fsp3) is 0.167. The predicted octanol–water partition coefficient (Wildman–Crippen LogP) is 2.43. The minimum Gasteiger partial charge on any atom is -0.388 e. The Bertz CT molecular complexity index is 494. The zero-order valence-electron chi connectivity index (χ0n) is 9.22. The third kappa shape index (κ3) is 3.25. The van der Waals surface area contributed by atoms with Gasteiger partial charge in [-0.25, -0.2) is 0 Å². The highest BCUT2D eigenvalue weighted by Gasteiger charge is 2.04. The van der Waals surface area contributed by atoms with Crippen molar-refractivity contribution in [1.82, 2.24) is 4.98 Å². The average Bonchev–Trinajstić information content (AvgIpc) is 2.82. The van der Waals surface area contributed by atoms with Gasteiger partial charge in [0.15, 0.2) is 0 Å². The maximum Gasteiger partial charge on any atom is 0.124 e. The van der Waals surface area contributed by atoms with Crippen LogP contribution < -0.4 is 11.1 Å². The molecule has 0 aromatic carbocycles. The molecule has 0 atom stereocenters. The Hall–Kier alpha value is -1.46. The standard InChI is InChI=1S/C12H13N3S2/c13-12(16)11-10(2-1-5-15-11)14-6-3-9-4-7-17-8-9/h1-2,4-5,7-8,14H,3,6H2,(H2,13,16). The molecule has 0 fully saturated rings. The minimum absolute atomic E-state index is 0.323. The Balaban J connectivity index is 1.97. The number of nitrogens with zero attached hydrogens (tertiary/aromatic N) is 1. The normalized spacial score (nSPS) is 10.1. The number of thiocarbonyl (C=S) groups is 1. The van der Waals surface area contributed by atoms with Gasteiger partial charge in [-0.2, -0.15) is 11.3 Å². The molecule has 5 heteroatoms. The molecule has 88 valence electrons. The Morgan fingerprint density at radius 1 is 1.47 bits per heavy atom. The fourth-order valence-corrected chi connectivity index (χ4v) is 2.39. The van der Waals surface area contributed by atoms with Crippen LogP contribution in [0.4, 0.5) is 5.69 Å². The van der Waals surface area contributed by atoms with E-state index in [0.717, 1.165) is 18.7 Å². The summed E-state index contributed by atoms with van der Waals surface area (Å²) >= 11 is 6.67. The van der Waals surface area contributed by atoms with Crippen LogP contribution in [0.3, 0.4) is 0 Å². The summed E-state index contributed by atoms with van der Waals surface area (Å²) < 4.78 is 0. The Morgan fingerprint density at radius 3 is 3.06 bits per heavy atom. The van der Waals surface area contributed by atoms with Crippen LogP contribution >= 0.6 is 23.6 Å². The van der Waals surface area contributed by atoms with E-state index in [1.807, 2.05) is 12.1 Å². The van der Waals surface area contributed by atoms with Crippen molar-refractivity contribution in [2.45, 2.75) is 6.42 Å². The molecule has 2 heterocycles. The van der Waals surface area contributed by atoms with Crippen LogP contribution in [0.5, 0.6) is 0 Å². The molecule has 0 amide bonds. The molecule has 0 aliphatic carbocycles. The first kappa shape index (κ1) is 12.0. The third-order valence-corrected chi connectivity index (χ3v) is 3.28. The molecule has 17 heavy (non-hydrogen) atoms. The Labute approximate surface area is 110 Å². The molecule has 0 radical (unpaired) electrons. The van der Waals surface area contributed by atoms with Crippen LogP contribution in [-0.4, -0.2) is 16.5 Å². The highest BCUT2D eigenvalue weighted by molar-refractivity contribution is 7.80. The van der Waals surface area contributed by atoms with E-state index in [4.69, 9.17) is 18.0 Å². The number of nitrogens with two attached hydrogens (primary N) is 1. The first-order valence-electron chi connectivity index (χ1n) is 5.27. The summed E-state index contributed by atoms with van der Waals surface area (Å²) in [4.78, 5) is 4.49. The Kier molecular flexibility index (Phi) is 4.06. The molecule has 0 unspecified atom stereocenters. The SMILES string of the molecule is NC(=S)c1ncccc1NCCc1ccsc1. The van der Waals surface area contributed by atoms with Gasteiger partial charge in [-0.1, -0.05) is 12.2 Å². The van der Waals surface area contributed by atoms with Crippen molar-refractivity contribution in [2.24, 2.45) is 5.73 Å². The van der Waals surface area contributed by atoms with E-state index in [2.05, 4.69) is 27.1 Å². The van der Waals surface area contributed by atoms with E-state index in [1.165, 1.54) is 5.56 Å². The molecule has 0 spiro atoms. The molecule has 2 aromatic rings. The van der Waals surface area contributed by atoms with Crippen molar-refractivity contribution in [2.75, 3.05) is 11.9 Å². The van der Waals surface area contributed by atoms with E-state index in [0.29, 0.717) is 10.7 Å². The number of hydrogen-bond donors (Lipinski definition) is 2. The fourth-order valence-electron chi connectivity index (χ4n) is 1.52. The molecule has 0 saturated carbocycles. The van der Waals surface area contributed by atoms with Crippen LogP contribution in [-0.2, 0) is 6.42 Å². The van der Waals surface area contributed by atoms with Gasteiger partial charge in [-0.15, -0.1) is 0 Å². The van der Waals surface area contributed by atoms with Gasteiger partial charge in [-0.05, 0) is 40.9 Å². The lowest BCUT2D eigenvalue weighted by molar-refractivity contribution is 1.02.